The Bertz CT molecular complexity index is 167. The van der Waals surface area contributed by atoms with Gasteiger partial charge >= 0.3 is 0 Å². The SMILES string of the molecule is OC12CC(CC3CC3C1)C2. The molecule has 4 saturated carbocycles. The predicted molar refractivity (Wildman–Crippen MR) is 38.5 cm³/mol. The van der Waals surface area contributed by atoms with Crippen molar-refractivity contribution in [2.75, 3.05) is 0 Å². The van der Waals surface area contributed by atoms with Gasteiger partial charge in [0, 0.05) is 0 Å². The normalized spacial score (nSPS) is 63.9. The van der Waals surface area contributed by atoms with E-state index >= 15 is 0 Å². The van der Waals surface area contributed by atoms with Gasteiger partial charge in [-0.05, 0) is 49.9 Å². The molecule has 1 nitrogen and oxygen atoms in total. The van der Waals surface area contributed by atoms with Crippen LogP contribution in [0.3, 0.4) is 0 Å². The van der Waals surface area contributed by atoms with E-state index in [2.05, 4.69) is 0 Å². The molecule has 0 amide bonds. The van der Waals surface area contributed by atoms with E-state index in [1.54, 1.807) is 0 Å². The maximum Gasteiger partial charge on any atom is 0.0655 e. The smallest absolute Gasteiger partial charge is 0.0655 e. The molecule has 0 aliphatic heterocycles. The molecule has 4 rings (SSSR count). The molecule has 4 aliphatic rings. The van der Waals surface area contributed by atoms with E-state index in [4.69, 9.17) is 0 Å². The second kappa shape index (κ2) is 1.42. The first-order chi connectivity index (χ1) is 4.75. The molecular formula is C9H14O. The lowest BCUT2D eigenvalue weighted by Crippen LogP contribution is -2.42. The summed E-state index contributed by atoms with van der Waals surface area (Å²) in [6.07, 6.45) is 6.25. The molecule has 0 radical (unpaired) electrons. The molecule has 10 heavy (non-hydrogen) atoms. The Morgan fingerprint density at radius 2 is 1.80 bits per heavy atom. The van der Waals surface area contributed by atoms with Gasteiger partial charge in [0.05, 0.1) is 5.60 Å². The Balaban J connectivity index is 1.85. The highest BCUT2D eigenvalue weighted by atomic mass is 16.3. The zero-order chi connectivity index (χ0) is 6.77. The fraction of sp³-hybridized carbons (Fsp3) is 1.00. The van der Waals surface area contributed by atoms with Crippen LogP contribution in [0.2, 0.25) is 0 Å². The highest BCUT2D eigenvalue weighted by Gasteiger charge is 2.54. The molecule has 1 heteroatoms. The minimum absolute atomic E-state index is 0.180. The third kappa shape index (κ3) is 0.619. The van der Waals surface area contributed by atoms with Gasteiger partial charge < -0.3 is 5.11 Å². The molecule has 0 heterocycles. The van der Waals surface area contributed by atoms with Crippen molar-refractivity contribution in [2.45, 2.75) is 37.7 Å². The molecule has 2 unspecified atom stereocenters. The summed E-state index contributed by atoms with van der Waals surface area (Å²) in [6.45, 7) is 0. The molecule has 2 atom stereocenters. The molecule has 0 spiro atoms. The lowest BCUT2D eigenvalue weighted by atomic mass is 9.69. The summed E-state index contributed by atoms with van der Waals surface area (Å²) >= 11 is 0. The van der Waals surface area contributed by atoms with E-state index in [0.29, 0.717) is 0 Å². The van der Waals surface area contributed by atoms with Crippen molar-refractivity contribution in [3.8, 4) is 0 Å². The van der Waals surface area contributed by atoms with E-state index in [1.165, 1.54) is 12.8 Å². The number of hydrogen-bond acceptors (Lipinski definition) is 1. The second-order valence-corrected chi connectivity index (χ2v) is 4.69. The van der Waals surface area contributed by atoms with Crippen molar-refractivity contribution in [1.29, 1.82) is 0 Å². The highest BCUT2D eigenvalue weighted by Crippen LogP contribution is 2.59. The van der Waals surface area contributed by atoms with Gasteiger partial charge in [-0.25, -0.2) is 0 Å². The van der Waals surface area contributed by atoms with Crippen LogP contribution in [0, 0.1) is 17.8 Å². The lowest BCUT2D eigenvalue weighted by Gasteiger charge is -2.42. The summed E-state index contributed by atoms with van der Waals surface area (Å²) in [7, 11) is 0. The summed E-state index contributed by atoms with van der Waals surface area (Å²) in [5, 5.41) is 9.82. The Hall–Kier alpha value is -0.0400. The van der Waals surface area contributed by atoms with Crippen LogP contribution >= 0.6 is 0 Å². The second-order valence-electron chi connectivity index (χ2n) is 4.69. The van der Waals surface area contributed by atoms with E-state index in [0.717, 1.165) is 37.0 Å². The van der Waals surface area contributed by atoms with Crippen LogP contribution in [0.1, 0.15) is 32.1 Å². The van der Waals surface area contributed by atoms with Gasteiger partial charge in [-0.2, -0.15) is 0 Å². The minimum atomic E-state index is -0.180. The largest absolute Gasteiger partial charge is 0.390 e. The van der Waals surface area contributed by atoms with Crippen molar-refractivity contribution in [3.63, 3.8) is 0 Å². The van der Waals surface area contributed by atoms with Crippen LogP contribution in [-0.4, -0.2) is 10.7 Å². The van der Waals surface area contributed by atoms with Crippen LogP contribution in [0.5, 0.6) is 0 Å². The monoisotopic (exact) mass is 138 g/mol. The number of hydrogen-bond donors (Lipinski definition) is 1. The van der Waals surface area contributed by atoms with Gasteiger partial charge in [0.1, 0.15) is 0 Å². The number of rotatable bonds is 0. The van der Waals surface area contributed by atoms with Crippen molar-refractivity contribution in [1.82, 2.24) is 0 Å². The average molecular weight is 138 g/mol. The summed E-state index contributed by atoms with van der Waals surface area (Å²) < 4.78 is 0. The number of aliphatic hydroxyl groups is 1. The summed E-state index contributed by atoms with van der Waals surface area (Å²) in [4.78, 5) is 0. The first-order valence-corrected chi connectivity index (χ1v) is 4.48. The molecule has 0 aromatic carbocycles. The summed E-state index contributed by atoms with van der Waals surface area (Å²) in [5.41, 5.74) is -0.180. The third-order valence-corrected chi connectivity index (χ3v) is 3.68. The molecule has 4 fully saturated rings. The van der Waals surface area contributed by atoms with Crippen molar-refractivity contribution >= 4 is 0 Å². The molecule has 0 aromatic rings. The highest BCUT2D eigenvalue weighted by molar-refractivity contribution is 5.06. The van der Waals surface area contributed by atoms with Crippen LogP contribution in [0.4, 0.5) is 0 Å². The predicted octanol–water partition coefficient (Wildman–Crippen LogP) is 1.56. The van der Waals surface area contributed by atoms with Crippen molar-refractivity contribution in [2.24, 2.45) is 17.8 Å². The third-order valence-electron chi connectivity index (χ3n) is 3.68. The van der Waals surface area contributed by atoms with Crippen LogP contribution in [0.15, 0.2) is 0 Å². The first-order valence-electron chi connectivity index (χ1n) is 4.48. The van der Waals surface area contributed by atoms with Crippen molar-refractivity contribution in [3.05, 3.63) is 0 Å². The summed E-state index contributed by atoms with van der Waals surface area (Å²) in [6, 6.07) is 0. The van der Waals surface area contributed by atoms with E-state index in [-0.39, 0.29) is 5.60 Å². The zero-order valence-electron chi connectivity index (χ0n) is 6.21. The van der Waals surface area contributed by atoms with E-state index < -0.39 is 0 Å². The molecular weight excluding hydrogens is 124 g/mol. The average Bonchev–Trinajstić information content (AvgIpc) is 2.38. The van der Waals surface area contributed by atoms with Gasteiger partial charge in [-0.3, -0.25) is 0 Å². The standard InChI is InChI=1S/C9H14O/c10-9-3-6(4-9)1-7-2-8(7)5-9/h6-8,10H,1-5H2. The first kappa shape index (κ1) is 5.59. The van der Waals surface area contributed by atoms with Crippen LogP contribution in [0.25, 0.3) is 0 Å². The molecule has 0 aromatic heterocycles. The van der Waals surface area contributed by atoms with Gasteiger partial charge in [0.15, 0.2) is 0 Å². The maximum absolute atomic E-state index is 9.82. The Kier molecular flexibility index (Phi) is 0.797. The molecule has 4 aliphatic carbocycles. The molecule has 1 N–H and O–H groups in total. The fourth-order valence-electron chi connectivity index (χ4n) is 3.11. The van der Waals surface area contributed by atoms with Gasteiger partial charge in [-0.1, -0.05) is 0 Å². The van der Waals surface area contributed by atoms with Crippen molar-refractivity contribution < 1.29 is 5.11 Å². The molecule has 2 bridgehead atoms. The molecule has 0 saturated heterocycles. The molecule has 56 valence electrons. The minimum Gasteiger partial charge on any atom is -0.390 e. The van der Waals surface area contributed by atoms with E-state index in [9.17, 15) is 5.11 Å². The fourth-order valence-corrected chi connectivity index (χ4v) is 3.11. The zero-order valence-corrected chi connectivity index (χ0v) is 6.21. The van der Waals surface area contributed by atoms with Gasteiger partial charge in [-0.15, -0.1) is 0 Å². The topological polar surface area (TPSA) is 20.2 Å². The quantitative estimate of drug-likeness (QED) is 0.538. The Morgan fingerprint density at radius 1 is 1.00 bits per heavy atom. The van der Waals surface area contributed by atoms with Crippen LogP contribution < -0.4 is 0 Å². The Morgan fingerprint density at radius 3 is 2.60 bits per heavy atom. The van der Waals surface area contributed by atoms with Gasteiger partial charge in [0.25, 0.3) is 0 Å². The van der Waals surface area contributed by atoms with E-state index in [1.807, 2.05) is 0 Å². The summed E-state index contributed by atoms with van der Waals surface area (Å²) in [5.74, 6) is 2.86. The van der Waals surface area contributed by atoms with Gasteiger partial charge in [0.2, 0.25) is 0 Å². The Labute approximate surface area is 61.4 Å². The maximum atomic E-state index is 9.82. The lowest BCUT2D eigenvalue weighted by molar-refractivity contribution is -0.0762. The van der Waals surface area contributed by atoms with Crippen LogP contribution in [-0.2, 0) is 0 Å².